The first-order valence-electron chi connectivity index (χ1n) is 10.9. The molecule has 4 aromatic carbocycles. The molecule has 0 aliphatic heterocycles. The number of non-ortho nitro benzene ring substituents is 2. The number of nitrogens with one attached hydrogen (secondary N) is 2. The molecule has 0 bridgehead atoms. The zero-order valence-electron chi connectivity index (χ0n) is 19.6. The molecule has 12 heteroatoms. The van der Waals surface area contributed by atoms with Crippen LogP contribution in [0.3, 0.4) is 0 Å². The quantitative estimate of drug-likeness (QED) is 0.219. The van der Waals surface area contributed by atoms with Gasteiger partial charge in [-0.15, -0.1) is 0 Å². The lowest BCUT2D eigenvalue weighted by Crippen LogP contribution is -2.16. The molecule has 0 saturated carbocycles. The molecule has 0 heterocycles. The number of ether oxygens (including phenoxy) is 2. The molecule has 2 N–H and O–H groups in total. The van der Waals surface area contributed by atoms with Crippen LogP contribution in [-0.4, -0.2) is 22.0 Å². The van der Waals surface area contributed by atoms with Crippen LogP contribution in [0.2, 0.25) is 0 Å². The molecular weight excluding hydrogens is 496 g/mol. The lowest BCUT2D eigenvalue weighted by molar-refractivity contribution is -0.385. The molecule has 0 aliphatic rings. The zero-order chi connectivity index (χ0) is 27.3. The first-order chi connectivity index (χ1) is 18.3. The van der Waals surface area contributed by atoms with Crippen molar-refractivity contribution in [2.24, 2.45) is 0 Å². The summed E-state index contributed by atoms with van der Waals surface area (Å²) >= 11 is 0. The van der Waals surface area contributed by atoms with Gasteiger partial charge in [0.2, 0.25) is 0 Å². The van der Waals surface area contributed by atoms with Crippen LogP contribution in [-0.2, 0) is 0 Å². The highest BCUT2D eigenvalue weighted by Gasteiger charge is 2.09. The average molecular weight is 516 g/mol. The van der Waals surface area contributed by atoms with Gasteiger partial charge in [0.1, 0.15) is 11.5 Å². The van der Waals surface area contributed by atoms with Gasteiger partial charge >= 0.3 is 12.2 Å². The molecule has 38 heavy (non-hydrogen) atoms. The van der Waals surface area contributed by atoms with Crippen LogP contribution in [0.4, 0.5) is 32.3 Å². The number of rotatable bonds is 6. The maximum absolute atomic E-state index is 11.5. The second kappa shape index (κ2) is 13.3. The Morgan fingerprint density at radius 1 is 0.526 bits per heavy atom. The fraction of sp³-hybridized carbons (Fsp3) is 0. The minimum Gasteiger partial charge on any atom is -0.410 e. The Morgan fingerprint density at radius 2 is 0.842 bits per heavy atom. The summed E-state index contributed by atoms with van der Waals surface area (Å²) in [5.41, 5.74) is 0.766. The lowest BCUT2D eigenvalue weighted by atomic mass is 10.3. The molecule has 0 saturated heterocycles. The van der Waals surface area contributed by atoms with Crippen molar-refractivity contribution in [3.63, 3.8) is 0 Å². The molecule has 0 aliphatic carbocycles. The number of nitrogens with zero attached hydrogens (tertiary/aromatic N) is 2. The molecule has 0 fully saturated rings. The number of benzene rings is 4. The summed E-state index contributed by atoms with van der Waals surface area (Å²) in [6, 6.07) is 28.1. The molecule has 0 radical (unpaired) electrons. The Morgan fingerprint density at radius 3 is 1.13 bits per heavy atom. The highest BCUT2D eigenvalue weighted by Crippen LogP contribution is 2.17. The van der Waals surface area contributed by atoms with Crippen LogP contribution < -0.4 is 20.1 Å². The third-order valence-electron chi connectivity index (χ3n) is 4.56. The number of nitro benzene ring substituents is 2. The molecule has 0 unspecified atom stereocenters. The number of hydrogen-bond donors (Lipinski definition) is 2. The van der Waals surface area contributed by atoms with Crippen LogP contribution in [0.25, 0.3) is 0 Å². The summed E-state index contributed by atoms with van der Waals surface area (Å²) in [5, 5.41) is 25.9. The molecule has 0 spiro atoms. The summed E-state index contributed by atoms with van der Waals surface area (Å²) < 4.78 is 10.0. The van der Waals surface area contributed by atoms with E-state index in [-0.39, 0.29) is 11.4 Å². The Kier molecular flexibility index (Phi) is 9.42. The van der Waals surface area contributed by atoms with Gasteiger partial charge < -0.3 is 9.47 Å². The fourth-order valence-electron chi connectivity index (χ4n) is 2.81. The number of amides is 2. The van der Waals surface area contributed by atoms with Crippen molar-refractivity contribution in [1.82, 2.24) is 0 Å². The number of carbonyl (C=O) groups is 2. The van der Waals surface area contributed by atoms with Gasteiger partial charge in [-0.2, -0.15) is 0 Å². The van der Waals surface area contributed by atoms with Crippen molar-refractivity contribution in [3.8, 4) is 11.5 Å². The summed E-state index contributed by atoms with van der Waals surface area (Å²) in [7, 11) is 0. The van der Waals surface area contributed by atoms with Crippen LogP contribution in [0.1, 0.15) is 0 Å². The largest absolute Gasteiger partial charge is 0.417 e. The van der Waals surface area contributed by atoms with Crippen molar-refractivity contribution in [2.75, 3.05) is 10.6 Å². The summed E-state index contributed by atoms with van der Waals surface area (Å²) in [4.78, 5) is 43.0. The van der Waals surface area contributed by atoms with Crippen LogP contribution >= 0.6 is 0 Å². The molecular formula is C26H20N4O8. The normalized spacial score (nSPS) is 9.68. The molecule has 2 amide bonds. The number of carbonyl (C=O) groups excluding carboxylic acids is 2. The van der Waals surface area contributed by atoms with Crippen molar-refractivity contribution in [2.45, 2.75) is 0 Å². The minimum absolute atomic E-state index is 0.0398. The van der Waals surface area contributed by atoms with Crippen LogP contribution in [0, 0.1) is 20.2 Å². The van der Waals surface area contributed by atoms with Gasteiger partial charge in [-0.25, -0.2) is 9.59 Å². The van der Waals surface area contributed by atoms with Crippen molar-refractivity contribution >= 4 is 34.9 Å². The third-order valence-corrected chi connectivity index (χ3v) is 4.56. The predicted molar refractivity (Wildman–Crippen MR) is 138 cm³/mol. The number of hydrogen-bond acceptors (Lipinski definition) is 8. The highest BCUT2D eigenvalue weighted by atomic mass is 16.6. The maximum Gasteiger partial charge on any atom is 0.417 e. The van der Waals surface area contributed by atoms with Gasteiger partial charge in [0.05, 0.1) is 9.85 Å². The van der Waals surface area contributed by atoms with Gasteiger partial charge in [0.15, 0.2) is 0 Å². The van der Waals surface area contributed by atoms with Gasteiger partial charge in [-0.1, -0.05) is 36.4 Å². The van der Waals surface area contributed by atoms with E-state index >= 15 is 0 Å². The second-order valence-electron chi connectivity index (χ2n) is 7.26. The SMILES string of the molecule is O=C(Nc1ccc([N+](=O)[O-])cc1)Oc1ccccc1.O=C(Nc1ccc([N+](=O)[O-])cc1)Oc1ccccc1. The van der Waals surface area contributed by atoms with E-state index in [9.17, 15) is 29.8 Å². The Hall–Kier alpha value is -5.78. The zero-order valence-corrected chi connectivity index (χ0v) is 19.6. The van der Waals surface area contributed by atoms with Gasteiger partial charge in [0.25, 0.3) is 11.4 Å². The van der Waals surface area contributed by atoms with Crippen molar-refractivity contribution in [3.05, 3.63) is 129 Å². The number of para-hydroxylation sites is 2. The molecule has 0 aromatic heterocycles. The fourth-order valence-corrected chi connectivity index (χ4v) is 2.81. The van der Waals surface area contributed by atoms with E-state index in [1.165, 1.54) is 48.5 Å². The van der Waals surface area contributed by atoms with Crippen LogP contribution in [0.15, 0.2) is 109 Å². The molecule has 0 atom stereocenters. The van der Waals surface area contributed by atoms with E-state index in [1.54, 1.807) is 60.7 Å². The average Bonchev–Trinajstić information content (AvgIpc) is 2.91. The van der Waals surface area contributed by atoms with Gasteiger partial charge in [-0.05, 0) is 48.5 Å². The lowest BCUT2D eigenvalue weighted by Gasteiger charge is -2.06. The van der Waals surface area contributed by atoms with Crippen molar-refractivity contribution < 1.29 is 28.9 Å². The third kappa shape index (κ3) is 8.78. The summed E-state index contributed by atoms with van der Waals surface area (Å²) in [5.74, 6) is 0.837. The maximum atomic E-state index is 11.5. The Balaban J connectivity index is 0.000000211. The van der Waals surface area contributed by atoms with E-state index in [4.69, 9.17) is 9.47 Å². The van der Waals surface area contributed by atoms with Crippen molar-refractivity contribution in [1.29, 1.82) is 0 Å². The predicted octanol–water partition coefficient (Wildman–Crippen LogP) is 6.41. The van der Waals surface area contributed by atoms with Gasteiger partial charge in [-0.3, -0.25) is 30.9 Å². The monoisotopic (exact) mass is 516 g/mol. The second-order valence-corrected chi connectivity index (χ2v) is 7.26. The molecule has 12 nitrogen and oxygen atoms in total. The minimum atomic E-state index is -0.653. The number of anilines is 2. The Bertz CT molecular complexity index is 1270. The highest BCUT2D eigenvalue weighted by molar-refractivity contribution is 5.87. The first-order valence-corrected chi connectivity index (χ1v) is 10.9. The Labute approximate surface area is 215 Å². The number of nitro groups is 2. The van der Waals surface area contributed by atoms with Crippen LogP contribution in [0.5, 0.6) is 11.5 Å². The smallest absolute Gasteiger partial charge is 0.410 e. The summed E-state index contributed by atoms with van der Waals surface area (Å²) in [6.45, 7) is 0. The standard InChI is InChI=1S/2C13H10N2O4/c2*16-13(19-12-4-2-1-3-5-12)14-10-6-8-11(9-7-10)15(17)18/h2*1-9H,(H,14,16). The molecule has 4 rings (SSSR count). The summed E-state index contributed by atoms with van der Waals surface area (Å²) in [6.07, 6.45) is -1.31. The topological polar surface area (TPSA) is 163 Å². The van der Waals surface area contributed by atoms with E-state index in [2.05, 4.69) is 10.6 Å². The van der Waals surface area contributed by atoms with E-state index in [0.717, 1.165) is 0 Å². The van der Waals surface area contributed by atoms with Gasteiger partial charge in [0, 0.05) is 35.6 Å². The molecule has 192 valence electrons. The van der Waals surface area contributed by atoms with E-state index < -0.39 is 22.0 Å². The first kappa shape index (κ1) is 26.8. The molecule has 4 aromatic rings. The van der Waals surface area contributed by atoms with E-state index in [0.29, 0.717) is 22.9 Å². The van der Waals surface area contributed by atoms with E-state index in [1.807, 2.05) is 0 Å².